The largest absolute Gasteiger partial charge is 0.464 e. The number of hydrogen-bond acceptors (Lipinski definition) is 7. The van der Waals surface area contributed by atoms with Gasteiger partial charge in [-0.2, -0.15) is 8.42 Å². The smallest absolute Gasteiger partial charge is 0.397 e. The maximum absolute atomic E-state index is 14.8. The van der Waals surface area contributed by atoms with Crippen LogP contribution in [0.4, 0.5) is 4.39 Å². The first-order valence-corrected chi connectivity index (χ1v) is 8.05. The number of halogens is 1. The topological polar surface area (TPSA) is 108 Å². The fourth-order valence-electron chi connectivity index (χ4n) is 2.11. The SMILES string of the molecule is CCOC(=O)[C@](C)(F)[C@H](COS(=O)(=O)O)C1COC(C)(C)O1. The molecule has 0 spiro atoms. The van der Waals surface area contributed by atoms with Gasteiger partial charge in [0.25, 0.3) is 0 Å². The van der Waals surface area contributed by atoms with Crippen LogP contribution < -0.4 is 0 Å². The van der Waals surface area contributed by atoms with E-state index in [1.165, 1.54) is 6.92 Å². The van der Waals surface area contributed by atoms with Crippen LogP contribution in [0.15, 0.2) is 0 Å². The molecule has 1 saturated heterocycles. The van der Waals surface area contributed by atoms with Gasteiger partial charge in [-0.15, -0.1) is 0 Å². The van der Waals surface area contributed by atoms with Gasteiger partial charge in [-0.25, -0.2) is 13.4 Å². The molecule has 3 atom stereocenters. The van der Waals surface area contributed by atoms with Crippen LogP contribution in [0.3, 0.4) is 0 Å². The van der Waals surface area contributed by atoms with Gasteiger partial charge in [-0.3, -0.25) is 4.55 Å². The summed E-state index contributed by atoms with van der Waals surface area (Å²) in [5.74, 6) is -3.53. The highest BCUT2D eigenvalue weighted by Crippen LogP contribution is 2.35. The van der Waals surface area contributed by atoms with E-state index >= 15 is 0 Å². The highest BCUT2D eigenvalue weighted by Gasteiger charge is 2.51. The number of alkyl halides is 1. The van der Waals surface area contributed by atoms with E-state index in [1.54, 1.807) is 13.8 Å². The molecule has 0 aromatic carbocycles. The third-order valence-electron chi connectivity index (χ3n) is 3.25. The number of hydrogen-bond donors (Lipinski definition) is 1. The summed E-state index contributed by atoms with van der Waals surface area (Å²) in [5.41, 5.74) is -2.59. The number of rotatable bonds is 7. The van der Waals surface area contributed by atoms with Gasteiger partial charge in [-0.05, 0) is 27.7 Å². The van der Waals surface area contributed by atoms with Crippen LogP contribution in [-0.2, 0) is 33.6 Å². The maximum Gasteiger partial charge on any atom is 0.397 e. The van der Waals surface area contributed by atoms with E-state index in [0.717, 1.165) is 6.92 Å². The van der Waals surface area contributed by atoms with Crippen molar-refractivity contribution in [3.05, 3.63) is 0 Å². The highest BCUT2D eigenvalue weighted by atomic mass is 32.3. The second-order valence-electron chi connectivity index (χ2n) is 5.48. The average molecular weight is 344 g/mol. The molecule has 1 unspecified atom stereocenters. The highest BCUT2D eigenvalue weighted by molar-refractivity contribution is 7.80. The first-order valence-electron chi connectivity index (χ1n) is 6.69. The van der Waals surface area contributed by atoms with Gasteiger partial charge >= 0.3 is 16.4 Å². The van der Waals surface area contributed by atoms with Crippen LogP contribution in [-0.4, -0.2) is 56.3 Å². The summed E-state index contributed by atoms with van der Waals surface area (Å²) in [4.78, 5) is 11.8. The molecule has 1 aliphatic rings. The fraction of sp³-hybridized carbons (Fsp3) is 0.917. The predicted molar refractivity (Wildman–Crippen MR) is 72.0 cm³/mol. The van der Waals surface area contributed by atoms with Crippen molar-refractivity contribution in [2.75, 3.05) is 19.8 Å². The Morgan fingerprint density at radius 3 is 2.55 bits per heavy atom. The standard InChI is InChI=1S/C12H21FO8S/c1-5-18-10(14)12(4,13)8(6-20-22(15,16)17)9-7-19-11(2,3)21-9/h8-9H,5-7H2,1-4H3,(H,15,16,17)/t8-,9?,12-/m1/s1. The Morgan fingerprint density at radius 1 is 1.55 bits per heavy atom. The first kappa shape index (κ1) is 19.2. The van der Waals surface area contributed by atoms with Crippen LogP contribution in [0.1, 0.15) is 27.7 Å². The van der Waals surface area contributed by atoms with E-state index in [4.69, 9.17) is 14.0 Å². The molecule has 0 radical (unpaired) electrons. The van der Waals surface area contributed by atoms with Crippen LogP contribution in [0, 0.1) is 5.92 Å². The van der Waals surface area contributed by atoms with E-state index in [0.29, 0.717) is 0 Å². The van der Waals surface area contributed by atoms with Gasteiger partial charge in [0.1, 0.15) is 0 Å². The third-order valence-corrected chi connectivity index (χ3v) is 3.68. The first-order chi connectivity index (χ1) is 9.89. The molecule has 8 nitrogen and oxygen atoms in total. The molecule has 1 fully saturated rings. The molecular formula is C12H21FO8S. The summed E-state index contributed by atoms with van der Waals surface area (Å²) in [6.07, 6.45) is -0.948. The van der Waals surface area contributed by atoms with Crippen molar-refractivity contribution in [1.29, 1.82) is 0 Å². The number of ether oxygens (including phenoxy) is 3. The van der Waals surface area contributed by atoms with Crippen LogP contribution >= 0.6 is 0 Å². The lowest BCUT2D eigenvalue weighted by Crippen LogP contribution is -2.49. The molecule has 22 heavy (non-hydrogen) atoms. The van der Waals surface area contributed by atoms with E-state index in [1.807, 2.05) is 0 Å². The second-order valence-corrected chi connectivity index (χ2v) is 6.57. The lowest BCUT2D eigenvalue weighted by molar-refractivity contribution is -0.175. The van der Waals surface area contributed by atoms with Gasteiger partial charge in [0.05, 0.1) is 31.8 Å². The molecule has 130 valence electrons. The molecule has 0 aliphatic carbocycles. The van der Waals surface area contributed by atoms with Gasteiger partial charge in [0.2, 0.25) is 5.67 Å². The van der Waals surface area contributed by atoms with Gasteiger partial charge in [-0.1, -0.05) is 0 Å². The summed E-state index contributed by atoms with van der Waals surface area (Å²) in [6.45, 7) is 4.73. The molecule has 1 N–H and O–H groups in total. The van der Waals surface area contributed by atoms with Crippen LogP contribution in [0.5, 0.6) is 0 Å². The molecule has 0 aromatic rings. The minimum absolute atomic E-state index is 0.0439. The zero-order chi connectivity index (χ0) is 17.2. The molecule has 1 aliphatic heterocycles. The van der Waals surface area contributed by atoms with Crippen molar-refractivity contribution in [1.82, 2.24) is 0 Å². The Balaban J connectivity index is 2.98. The van der Waals surface area contributed by atoms with Crippen molar-refractivity contribution in [2.45, 2.75) is 45.3 Å². The zero-order valence-corrected chi connectivity index (χ0v) is 13.7. The molecule has 1 heterocycles. The summed E-state index contributed by atoms with van der Waals surface area (Å²) in [5, 5.41) is 0. The lowest BCUT2D eigenvalue weighted by Gasteiger charge is -2.31. The Morgan fingerprint density at radius 2 is 2.14 bits per heavy atom. The Labute approximate surface area is 128 Å². The van der Waals surface area contributed by atoms with Gasteiger partial charge in [0, 0.05) is 0 Å². The van der Waals surface area contributed by atoms with Crippen LogP contribution in [0.25, 0.3) is 0 Å². The quantitative estimate of drug-likeness (QED) is 0.535. The maximum atomic E-state index is 14.8. The summed E-state index contributed by atoms with van der Waals surface area (Å²) >= 11 is 0. The summed E-state index contributed by atoms with van der Waals surface area (Å²) in [6, 6.07) is 0. The van der Waals surface area contributed by atoms with Crippen molar-refractivity contribution in [3.8, 4) is 0 Å². The number of carbonyl (C=O) groups excluding carboxylic acids is 1. The molecule has 0 amide bonds. The molecule has 0 bridgehead atoms. The second kappa shape index (κ2) is 6.75. The molecule has 10 heteroatoms. The summed E-state index contributed by atoms with van der Waals surface area (Å²) < 4.78 is 64.6. The monoisotopic (exact) mass is 344 g/mol. The Bertz CT molecular complexity index is 501. The summed E-state index contributed by atoms with van der Waals surface area (Å²) in [7, 11) is -4.79. The molecule has 1 rings (SSSR count). The zero-order valence-electron chi connectivity index (χ0n) is 12.9. The van der Waals surface area contributed by atoms with Gasteiger partial charge < -0.3 is 14.2 Å². The normalized spacial score (nSPS) is 25.5. The van der Waals surface area contributed by atoms with E-state index < -0.39 is 46.5 Å². The van der Waals surface area contributed by atoms with Gasteiger partial charge in [0.15, 0.2) is 5.79 Å². The average Bonchev–Trinajstić information content (AvgIpc) is 2.68. The molecule has 0 saturated carbocycles. The molecular weight excluding hydrogens is 323 g/mol. The predicted octanol–water partition coefficient (Wildman–Crippen LogP) is 0.865. The van der Waals surface area contributed by atoms with Crippen molar-refractivity contribution in [3.63, 3.8) is 0 Å². The Kier molecular flexibility index (Phi) is 5.90. The molecule has 0 aromatic heterocycles. The van der Waals surface area contributed by atoms with Crippen molar-refractivity contribution >= 4 is 16.4 Å². The van der Waals surface area contributed by atoms with E-state index in [9.17, 15) is 17.6 Å². The van der Waals surface area contributed by atoms with Crippen LogP contribution in [0.2, 0.25) is 0 Å². The minimum atomic E-state index is -4.79. The van der Waals surface area contributed by atoms with E-state index in [2.05, 4.69) is 8.92 Å². The third kappa shape index (κ3) is 5.13. The van der Waals surface area contributed by atoms with E-state index in [-0.39, 0.29) is 13.2 Å². The Hall–Kier alpha value is -0.810. The fourth-order valence-corrected chi connectivity index (χ4v) is 2.43. The van der Waals surface area contributed by atoms with Crippen molar-refractivity contribution < 1.29 is 40.5 Å². The minimum Gasteiger partial charge on any atom is -0.464 e. The van der Waals surface area contributed by atoms with Crippen molar-refractivity contribution in [2.24, 2.45) is 5.92 Å². The number of carbonyl (C=O) groups is 1. The number of esters is 1. The lowest BCUT2D eigenvalue weighted by atomic mass is 9.87.